The maximum Gasteiger partial charge on any atom is 0.142 e. The molecule has 2 rings (SSSR count). The van der Waals surface area contributed by atoms with E-state index in [0.29, 0.717) is 35.4 Å². The number of carbonyl (C=O) groups is 1. The Kier molecular flexibility index (Phi) is 11.7. The van der Waals surface area contributed by atoms with Gasteiger partial charge in [-0.05, 0) is 87.9 Å². The first-order valence-corrected chi connectivity index (χ1v) is 13.8. The maximum atomic E-state index is 13.0. The van der Waals surface area contributed by atoms with Crippen molar-refractivity contribution >= 4 is 5.78 Å². The second-order valence-electron chi connectivity index (χ2n) is 11.7. The van der Waals surface area contributed by atoms with Crippen LogP contribution in [0, 0.1) is 41.4 Å². The minimum atomic E-state index is -0.172. The summed E-state index contributed by atoms with van der Waals surface area (Å²) in [5.74, 6) is 3.75. The van der Waals surface area contributed by atoms with Crippen LogP contribution >= 0.6 is 0 Å². The third-order valence-corrected chi connectivity index (χ3v) is 8.36. The van der Waals surface area contributed by atoms with Crippen LogP contribution in [-0.4, -0.2) is 17.0 Å². The Morgan fingerprint density at radius 1 is 1.03 bits per heavy atom. The normalized spacial score (nSPS) is 28.9. The quantitative estimate of drug-likeness (QED) is 0.291. The predicted octanol–water partition coefficient (Wildman–Crippen LogP) is 8.15. The molecule has 0 saturated carbocycles. The molecule has 0 saturated heterocycles. The van der Waals surface area contributed by atoms with Crippen LogP contribution in [0.25, 0.3) is 0 Å². The molecular weight excluding hydrogens is 392 g/mol. The standard InChI is InChI=1S/C30H52O2/c1-7-8-9-22(4)18-24(6)30(32)28-17-16-27(23(5)19-28)15-14-25-10-12-26(13-11-25)20-29(31)21(2)3/h10,12,19,21-22,24-29,31H,7-9,11,13-18,20H2,1-6H3. The van der Waals surface area contributed by atoms with Crippen molar-refractivity contribution in [2.24, 2.45) is 41.4 Å². The van der Waals surface area contributed by atoms with Crippen molar-refractivity contribution in [2.45, 2.75) is 118 Å². The molecule has 0 bridgehead atoms. The first-order chi connectivity index (χ1) is 15.2. The molecule has 0 aromatic rings. The monoisotopic (exact) mass is 444 g/mol. The van der Waals surface area contributed by atoms with Crippen molar-refractivity contribution in [1.29, 1.82) is 0 Å². The molecule has 2 aliphatic carbocycles. The lowest BCUT2D eigenvalue weighted by atomic mass is 9.74. The summed E-state index contributed by atoms with van der Waals surface area (Å²) in [5, 5.41) is 10.2. The lowest BCUT2D eigenvalue weighted by Gasteiger charge is -2.30. The molecule has 7 atom stereocenters. The largest absolute Gasteiger partial charge is 0.393 e. The predicted molar refractivity (Wildman–Crippen MR) is 137 cm³/mol. The molecule has 0 fully saturated rings. The summed E-state index contributed by atoms with van der Waals surface area (Å²) < 4.78 is 0. The molecule has 7 unspecified atom stereocenters. The van der Waals surface area contributed by atoms with E-state index in [-0.39, 0.29) is 17.9 Å². The van der Waals surface area contributed by atoms with Gasteiger partial charge in [0.1, 0.15) is 5.78 Å². The summed E-state index contributed by atoms with van der Waals surface area (Å²) in [6, 6.07) is 0. The number of hydrogen-bond donors (Lipinski definition) is 1. The number of carbonyl (C=O) groups excluding carboxylic acids is 1. The van der Waals surface area contributed by atoms with E-state index < -0.39 is 0 Å². The van der Waals surface area contributed by atoms with Gasteiger partial charge in [-0.2, -0.15) is 0 Å². The van der Waals surface area contributed by atoms with Gasteiger partial charge in [0.25, 0.3) is 0 Å². The lowest BCUT2D eigenvalue weighted by molar-refractivity contribution is -0.125. The Morgan fingerprint density at radius 2 is 1.72 bits per heavy atom. The van der Waals surface area contributed by atoms with Crippen LogP contribution in [0.3, 0.4) is 0 Å². The van der Waals surface area contributed by atoms with Crippen molar-refractivity contribution in [3.05, 3.63) is 23.8 Å². The second-order valence-corrected chi connectivity index (χ2v) is 11.7. The van der Waals surface area contributed by atoms with Crippen LogP contribution in [0.5, 0.6) is 0 Å². The Hall–Kier alpha value is -0.890. The summed E-state index contributed by atoms with van der Waals surface area (Å²) in [7, 11) is 0. The summed E-state index contributed by atoms with van der Waals surface area (Å²) in [6.07, 6.45) is 19.9. The van der Waals surface area contributed by atoms with Crippen LogP contribution in [0.4, 0.5) is 0 Å². The van der Waals surface area contributed by atoms with Gasteiger partial charge in [0.2, 0.25) is 0 Å². The van der Waals surface area contributed by atoms with E-state index in [1.165, 1.54) is 56.9 Å². The van der Waals surface area contributed by atoms with E-state index in [2.05, 4.69) is 59.8 Å². The number of unbranched alkanes of at least 4 members (excludes halogenated alkanes) is 1. The van der Waals surface area contributed by atoms with Gasteiger partial charge in [0, 0.05) is 11.8 Å². The van der Waals surface area contributed by atoms with Crippen LogP contribution < -0.4 is 0 Å². The minimum absolute atomic E-state index is 0.155. The molecule has 0 aliphatic heterocycles. The first-order valence-electron chi connectivity index (χ1n) is 13.8. The van der Waals surface area contributed by atoms with E-state index in [9.17, 15) is 9.90 Å². The average molecular weight is 445 g/mol. The molecule has 0 amide bonds. The van der Waals surface area contributed by atoms with E-state index in [1.54, 1.807) is 0 Å². The van der Waals surface area contributed by atoms with E-state index >= 15 is 0 Å². The lowest BCUT2D eigenvalue weighted by Crippen LogP contribution is -2.26. The zero-order chi connectivity index (χ0) is 23.7. The Labute approximate surface area is 199 Å². The van der Waals surface area contributed by atoms with Gasteiger partial charge < -0.3 is 5.11 Å². The molecule has 0 spiro atoms. The van der Waals surface area contributed by atoms with Crippen molar-refractivity contribution in [3.8, 4) is 0 Å². The third kappa shape index (κ3) is 8.81. The van der Waals surface area contributed by atoms with Crippen molar-refractivity contribution in [1.82, 2.24) is 0 Å². The van der Waals surface area contributed by atoms with Crippen LogP contribution in [0.15, 0.2) is 23.8 Å². The first kappa shape index (κ1) is 27.4. The highest BCUT2D eigenvalue weighted by molar-refractivity contribution is 5.85. The second kappa shape index (κ2) is 13.7. The number of aliphatic hydroxyl groups excluding tert-OH is 1. The highest BCUT2D eigenvalue weighted by atomic mass is 16.3. The summed E-state index contributed by atoms with van der Waals surface area (Å²) in [5.41, 5.74) is 1.46. The van der Waals surface area contributed by atoms with Gasteiger partial charge in [-0.25, -0.2) is 0 Å². The van der Waals surface area contributed by atoms with Crippen LogP contribution in [-0.2, 0) is 4.79 Å². The maximum absolute atomic E-state index is 13.0. The number of Topliss-reactive ketones (excluding diaryl/α,β-unsaturated/α-hetero) is 1. The Balaban J connectivity index is 1.77. The van der Waals surface area contributed by atoms with Crippen LogP contribution in [0.1, 0.15) is 112 Å². The number of hydrogen-bond acceptors (Lipinski definition) is 2. The van der Waals surface area contributed by atoms with Gasteiger partial charge in [-0.1, -0.05) is 77.7 Å². The molecule has 2 nitrogen and oxygen atoms in total. The van der Waals surface area contributed by atoms with E-state index in [4.69, 9.17) is 0 Å². The van der Waals surface area contributed by atoms with Crippen LogP contribution in [0.2, 0.25) is 0 Å². The average Bonchev–Trinajstić information content (AvgIpc) is 2.77. The van der Waals surface area contributed by atoms with Crippen molar-refractivity contribution in [2.75, 3.05) is 0 Å². The highest BCUT2D eigenvalue weighted by Gasteiger charge is 2.29. The molecule has 1 N–H and O–H groups in total. The smallest absolute Gasteiger partial charge is 0.142 e. The molecule has 2 aliphatic rings. The van der Waals surface area contributed by atoms with Crippen molar-refractivity contribution < 1.29 is 9.90 Å². The topological polar surface area (TPSA) is 37.3 Å². The summed E-state index contributed by atoms with van der Waals surface area (Å²) in [4.78, 5) is 13.0. The molecule has 184 valence electrons. The summed E-state index contributed by atoms with van der Waals surface area (Å²) >= 11 is 0. The van der Waals surface area contributed by atoms with Gasteiger partial charge in [0.05, 0.1) is 6.10 Å². The molecular formula is C30H52O2. The zero-order valence-corrected chi connectivity index (χ0v) is 22.0. The Bertz CT molecular complexity index is 616. The van der Waals surface area contributed by atoms with Gasteiger partial charge in [-0.3, -0.25) is 4.79 Å². The fourth-order valence-electron chi connectivity index (χ4n) is 5.87. The molecule has 0 heterocycles. The number of allylic oxidation sites excluding steroid dienone is 4. The highest BCUT2D eigenvalue weighted by Crippen LogP contribution is 2.36. The number of ketones is 1. The fourth-order valence-corrected chi connectivity index (χ4v) is 5.87. The van der Waals surface area contributed by atoms with Crippen molar-refractivity contribution in [3.63, 3.8) is 0 Å². The SMILES string of the molecule is CCCCC(C)CC(C)C(=O)C1C=C(C)C(CCC2C=CC(CC(O)C(C)C)CC2)CC1. The van der Waals surface area contributed by atoms with Gasteiger partial charge in [0.15, 0.2) is 0 Å². The minimum Gasteiger partial charge on any atom is -0.393 e. The van der Waals surface area contributed by atoms with E-state index in [1.807, 2.05) is 0 Å². The molecule has 32 heavy (non-hydrogen) atoms. The number of aliphatic hydroxyl groups is 1. The van der Waals surface area contributed by atoms with Gasteiger partial charge >= 0.3 is 0 Å². The van der Waals surface area contributed by atoms with Gasteiger partial charge in [-0.15, -0.1) is 0 Å². The fraction of sp³-hybridized carbons (Fsp3) is 0.833. The Morgan fingerprint density at radius 3 is 2.31 bits per heavy atom. The molecule has 2 heteroatoms. The number of rotatable bonds is 13. The summed E-state index contributed by atoms with van der Waals surface area (Å²) in [6.45, 7) is 13.2. The van der Waals surface area contributed by atoms with E-state index in [0.717, 1.165) is 19.3 Å². The zero-order valence-electron chi connectivity index (χ0n) is 22.0. The molecule has 0 radical (unpaired) electrons. The third-order valence-electron chi connectivity index (χ3n) is 8.36. The molecule has 0 aromatic heterocycles. The molecule has 0 aromatic carbocycles.